The topological polar surface area (TPSA) is 59.3 Å². The summed E-state index contributed by atoms with van der Waals surface area (Å²) in [5.41, 5.74) is 1.54. The van der Waals surface area contributed by atoms with Crippen molar-refractivity contribution in [3.8, 4) is 6.07 Å². The van der Waals surface area contributed by atoms with E-state index in [0.29, 0.717) is 12.1 Å². The molecule has 20 heavy (non-hydrogen) atoms. The third-order valence-electron chi connectivity index (χ3n) is 4.42. The molecule has 4 nitrogen and oxygen atoms in total. The van der Waals surface area contributed by atoms with Crippen LogP contribution in [0.25, 0.3) is 0 Å². The quantitative estimate of drug-likeness (QED) is 0.865. The van der Waals surface area contributed by atoms with Gasteiger partial charge in [-0.1, -0.05) is 12.1 Å². The number of aliphatic hydroxyl groups excluding tert-OH is 1. The second kappa shape index (κ2) is 5.92. The second-order valence-corrected chi connectivity index (χ2v) is 6.09. The van der Waals surface area contributed by atoms with E-state index in [1.807, 2.05) is 12.1 Å². The first-order chi connectivity index (χ1) is 9.74. The van der Waals surface area contributed by atoms with Crippen molar-refractivity contribution in [2.24, 2.45) is 11.8 Å². The molecule has 3 rings (SSSR count). The van der Waals surface area contributed by atoms with Crippen LogP contribution in [0.3, 0.4) is 0 Å². The predicted molar refractivity (Wildman–Crippen MR) is 77.0 cm³/mol. The van der Waals surface area contributed by atoms with E-state index in [9.17, 15) is 5.11 Å². The zero-order valence-corrected chi connectivity index (χ0v) is 11.6. The van der Waals surface area contributed by atoms with Crippen molar-refractivity contribution in [3.05, 3.63) is 35.4 Å². The van der Waals surface area contributed by atoms with Gasteiger partial charge in [0.2, 0.25) is 0 Å². The average Bonchev–Trinajstić information content (AvgIpc) is 2.47. The Bertz CT molecular complexity index is 481. The van der Waals surface area contributed by atoms with E-state index < -0.39 is 6.10 Å². The third kappa shape index (κ3) is 3.01. The molecular weight excluding hydrogens is 250 g/mol. The zero-order chi connectivity index (χ0) is 13.9. The Balaban J connectivity index is 1.60. The van der Waals surface area contributed by atoms with Gasteiger partial charge in [-0.2, -0.15) is 5.26 Å². The van der Waals surface area contributed by atoms with Gasteiger partial charge in [-0.15, -0.1) is 0 Å². The molecule has 1 aromatic rings. The molecule has 3 unspecified atom stereocenters. The second-order valence-electron chi connectivity index (χ2n) is 6.09. The van der Waals surface area contributed by atoms with E-state index in [1.54, 1.807) is 12.1 Å². The molecule has 106 valence electrons. The molecule has 2 N–H and O–H groups in total. The van der Waals surface area contributed by atoms with Gasteiger partial charge in [-0.25, -0.2) is 0 Å². The number of hydrogen-bond acceptors (Lipinski definition) is 4. The van der Waals surface area contributed by atoms with Crippen LogP contribution < -0.4 is 5.32 Å². The van der Waals surface area contributed by atoms with Crippen molar-refractivity contribution in [1.29, 1.82) is 5.26 Å². The summed E-state index contributed by atoms with van der Waals surface area (Å²) in [6, 6.07) is 9.36. The Morgan fingerprint density at radius 3 is 2.50 bits per heavy atom. The number of piperidine rings is 2. The van der Waals surface area contributed by atoms with Crippen molar-refractivity contribution in [1.82, 2.24) is 10.2 Å². The van der Waals surface area contributed by atoms with Gasteiger partial charge in [0.05, 0.1) is 17.7 Å². The molecular formula is C16H21N3O. The number of nitriles is 1. The average molecular weight is 271 g/mol. The molecule has 1 aromatic carbocycles. The molecule has 0 spiro atoms. The summed E-state index contributed by atoms with van der Waals surface area (Å²) in [4.78, 5) is 2.39. The molecule has 3 atom stereocenters. The Labute approximate surface area is 120 Å². The van der Waals surface area contributed by atoms with Gasteiger partial charge >= 0.3 is 0 Å². The fraction of sp³-hybridized carbons (Fsp3) is 0.562. The fourth-order valence-corrected chi connectivity index (χ4v) is 3.49. The largest absolute Gasteiger partial charge is 0.387 e. The number of aliphatic hydroxyl groups is 1. The molecule has 2 aliphatic heterocycles. The van der Waals surface area contributed by atoms with Gasteiger partial charge in [-0.3, -0.25) is 4.90 Å². The lowest BCUT2D eigenvalue weighted by Crippen LogP contribution is -2.51. The summed E-state index contributed by atoms with van der Waals surface area (Å²) in [6.07, 6.45) is 0.866. The summed E-state index contributed by atoms with van der Waals surface area (Å²) in [6.45, 7) is 5.08. The van der Waals surface area contributed by atoms with Crippen LogP contribution in [0.2, 0.25) is 0 Å². The number of nitrogens with zero attached hydrogens (tertiary/aromatic N) is 2. The van der Waals surface area contributed by atoms with Gasteiger partial charge in [0.1, 0.15) is 0 Å². The normalized spacial score (nSPS) is 27.8. The van der Waals surface area contributed by atoms with E-state index >= 15 is 0 Å². The highest BCUT2D eigenvalue weighted by Gasteiger charge is 2.31. The van der Waals surface area contributed by atoms with E-state index in [0.717, 1.165) is 43.6 Å². The van der Waals surface area contributed by atoms with Crippen LogP contribution in [-0.4, -0.2) is 42.7 Å². The lowest BCUT2D eigenvalue weighted by molar-refractivity contribution is 0.0492. The van der Waals surface area contributed by atoms with Gasteiger partial charge in [0.15, 0.2) is 0 Å². The maximum absolute atomic E-state index is 10.4. The molecule has 4 heteroatoms. The first-order valence-electron chi connectivity index (χ1n) is 7.36. The van der Waals surface area contributed by atoms with E-state index in [1.165, 1.54) is 6.42 Å². The molecule has 0 radical (unpaired) electrons. The van der Waals surface area contributed by atoms with Gasteiger partial charge in [0.25, 0.3) is 0 Å². The third-order valence-corrected chi connectivity index (χ3v) is 4.42. The summed E-state index contributed by atoms with van der Waals surface area (Å²) in [5, 5.41) is 22.6. The SMILES string of the molecule is N#Cc1ccc(C(O)CN2CC3CNCC(C3)C2)cc1. The molecule has 2 fully saturated rings. The van der Waals surface area contributed by atoms with Crippen molar-refractivity contribution in [2.45, 2.75) is 12.5 Å². The van der Waals surface area contributed by atoms with Gasteiger partial charge in [-0.05, 0) is 49.0 Å². The molecule has 0 saturated carbocycles. The summed E-state index contributed by atoms with van der Waals surface area (Å²) in [5.74, 6) is 1.46. The van der Waals surface area contributed by atoms with Crippen molar-refractivity contribution >= 4 is 0 Å². The lowest BCUT2D eigenvalue weighted by Gasteiger charge is -2.42. The number of rotatable bonds is 3. The molecule has 0 aliphatic carbocycles. The first kappa shape index (κ1) is 13.6. The number of fused-ring (bicyclic) bond motifs is 2. The molecule has 2 heterocycles. The Kier molecular flexibility index (Phi) is 4.02. The molecule has 0 aromatic heterocycles. The van der Waals surface area contributed by atoms with Gasteiger partial charge < -0.3 is 10.4 Å². The molecule has 2 bridgehead atoms. The number of hydrogen-bond donors (Lipinski definition) is 2. The first-order valence-corrected chi connectivity index (χ1v) is 7.36. The minimum atomic E-state index is -0.463. The Hall–Kier alpha value is -1.41. The van der Waals surface area contributed by atoms with Crippen LogP contribution >= 0.6 is 0 Å². The van der Waals surface area contributed by atoms with Crippen LogP contribution in [-0.2, 0) is 0 Å². The fourth-order valence-electron chi connectivity index (χ4n) is 3.49. The van der Waals surface area contributed by atoms with Crippen LogP contribution in [0, 0.1) is 23.2 Å². The van der Waals surface area contributed by atoms with Crippen LogP contribution in [0.5, 0.6) is 0 Å². The Morgan fingerprint density at radius 1 is 1.25 bits per heavy atom. The van der Waals surface area contributed by atoms with Crippen LogP contribution in [0.15, 0.2) is 24.3 Å². The number of likely N-dealkylation sites (tertiary alicyclic amines) is 1. The van der Waals surface area contributed by atoms with Crippen LogP contribution in [0.1, 0.15) is 23.7 Å². The standard InChI is InChI=1S/C16H21N3O/c17-6-12-1-3-15(4-2-12)16(20)11-19-9-13-5-14(10-19)8-18-7-13/h1-4,13-14,16,18,20H,5,7-11H2. The summed E-state index contributed by atoms with van der Waals surface area (Å²) >= 11 is 0. The predicted octanol–water partition coefficient (Wildman–Crippen LogP) is 1.13. The smallest absolute Gasteiger partial charge is 0.0991 e. The maximum Gasteiger partial charge on any atom is 0.0991 e. The minimum absolute atomic E-state index is 0.463. The van der Waals surface area contributed by atoms with Crippen molar-refractivity contribution < 1.29 is 5.11 Å². The highest BCUT2D eigenvalue weighted by Crippen LogP contribution is 2.26. The molecule has 2 aliphatic rings. The summed E-state index contributed by atoms with van der Waals surface area (Å²) in [7, 11) is 0. The van der Waals surface area contributed by atoms with Crippen molar-refractivity contribution in [2.75, 3.05) is 32.7 Å². The highest BCUT2D eigenvalue weighted by molar-refractivity contribution is 5.32. The molecule has 0 amide bonds. The number of β-amino-alcohol motifs (C(OH)–C–C–N with tert-alkyl or cyclic N) is 1. The molecule has 2 saturated heterocycles. The minimum Gasteiger partial charge on any atom is -0.387 e. The van der Waals surface area contributed by atoms with E-state index in [4.69, 9.17) is 5.26 Å². The van der Waals surface area contributed by atoms with Gasteiger partial charge in [0, 0.05) is 19.6 Å². The summed E-state index contributed by atoms with van der Waals surface area (Å²) < 4.78 is 0. The maximum atomic E-state index is 10.4. The van der Waals surface area contributed by atoms with E-state index in [2.05, 4.69) is 16.3 Å². The highest BCUT2D eigenvalue weighted by atomic mass is 16.3. The Morgan fingerprint density at radius 2 is 1.90 bits per heavy atom. The lowest BCUT2D eigenvalue weighted by atomic mass is 9.85. The number of nitrogens with one attached hydrogen (secondary N) is 1. The van der Waals surface area contributed by atoms with Crippen LogP contribution in [0.4, 0.5) is 0 Å². The number of benzene rings is 1. The monoisotopic (exact) mass is 271 g/mol. The van der Waals surface area contributed by atoms with E-state index in [-0.39, 0.29) is 0 Å². The van der Waals surface area contributed by atoms with Crippen molar-refractivity contribution in [3.63, 3.8) is 0 Å². The zero-order valence-electron chi connectivity index (χ0n) is 11.6.